The van der Waals surface area contributed by atoms with E-state index < -0.39 is 0 Å². The number of fused-ring (bicyclic) bond motifs is 1. The van der Waals surface area contributed by atoms with Crippen molar-refractivity contribution < 1.29 is 0 Å². The highest BCUT2D eigenvalue weighted by Crippen LogP contribution is 2.31. The van der Waals surface area contributed by atoms with E-state index >= 15 is 0 Å². The minimum Gasteiger partial charge on any atom is -0.290 e. The molecule has 4 nitrogen and oxygen atoms in total. The number of aromatic nitrogens is 3. The van der Waals surface area contributed by atoms with Gasteiger partial charge in [-0.1, -0.05) is 54.6 Å². The molecule has 116 valence electrons. The molecule has 4 heteroatoms. The van der Waals surface area contributed by atoms with Gasteiger partial charge in [0.05, 0.1) is 12.6 Å². The molecule has 0 fully saturated rings. The van der Waals surface area contributed by atoms with Crippen LogP contribution in [0.1, 0.15) is 22.7 Å². The van der Waals surface area contributed by atoms with E-state index in [9.17, 15) is 0 Å². The lowest BCUT2D eigenvalue weighted by Crippen LogP contribution is -2.37. The summed E-state index contributed by atoms with van der Waals surface area (Å²) < 4.78 is 1.94. The van der Waals surface area contributed by atoms with Gasteiger partial charge in [-0.15, -0.1) is 0 Å². The second kappa shape index (κ2) is 6.34. The van der Waals surface area contributed by atoms with Gasteiger partial charge in [-0.25, -0.2) is 4.98 Å². The van der Waals surface area contributed by atoms with Crippen LogP contribution in [0.25, 0.3) is 0 Å². The highest BCUT2D eigenvalue weighted by Gasteiger charge is 2.27. The van der Waals surface area contributed by atoms with Gasteiger partial charge in [0.1, 0.15) is 12.7 Å². The quantitative estimate of drug-likeness (QED) is 0.743. The molecule has 3 aromatic rings. The van der Waals surface area contributed by atoms with Gasteiger partial charge >= 0.3 is 0 Å². The second-order valence-corrected chi connectivity index (χ2v) is 6.04. The summed E-state index contributed by atoms with van der Waals surface area (Å²) >= 11 is 0. The van der Waals surface area contributed by atoms with E-state index in [4.69, 9.17) is 0 Å². The van der Waals surface area contributed by atoms with Crippen LogP contribution in [0.2, 0.25) is 0 Å². The molecule has 0 aliphatic carbocycles. The number of hydrogen-bond donors (Lipinski definition) is 0. The Labute approximate surface area is 136 Å². The van der Waals surface area contributed by atoms with Gasteiger partial charge in [-0.3, -0.25) is 9.58 Å². The molecule has 0 amide bonds. The van der Waals surface area contributed by atoms with E-state index in [0.29, 0.717) is 6.04 Å². The third-order valence-electron chi connectivity index (χ3n) is 4.58. The van der Waals surface area contributed by atoms with Gasteiger partial charge in [-0.05, 0) is 23.1 Å². The molecular formula is C19H20N4. The van der Waals surface area contributed by atoms with E-state index in [1.807, 2.05) is 4.68 Å². The maximum atomic E-state index is 4.30. The Morgan fingerprint density at radius 2 is 1.83 bits per heavy atom. The fourth-order valence-electron chi connectivity index (χ4n) is 3.43. The summed E-state index contributed by atoms with van der Waals surface area (Å²) in [7, 11) is 0. The first-order valence-corrected chi connectivity index (χ1v) is 8.08. The summed E-state index contributed by atoms with van der Waals surface area (Å²) in [6.07, 6.45) is 4.52. The van der Waals surface area contributed by atoms with Crippen molar-refractivity contribution in [2.45, 2.75) is 25.6 Å². The molecule has 23 heavy (non-hydrogen) atoms. The molecule has 4 rings (SSSR count). The van der Waals surface area contributed by atoms with Crippen LogP contribution in [0.3, 0.4) is 0 Å². The summed E-state index contributed by atoms with van der Waals surface area (Å²) in [6.45, 7) is 2.88. The highest BCUT2D eigenvalue weighted by atomic mass is 15.3. The van der Waals surface area contributed by atoms with Crippen molar-refractivity contribution in [2.75, 3.05) is 6.54 Å². The van der Waals surface area contributed by atoms with Crippen LogP contribution < -0.4 is 0 Å². The number of hydrogen-bond acceptors (Lipinski definition) is 3. The van der Waals surface area contributed by atoms with E-state index in [2.05, 4.69) is 69.6 Å². The van der Waals surface area contributed by atoms with Crippen LogP contribution in [-0.4, -0.2) is 26.2 Å². The van der Waals surface area contributed by atoms with Crippen LogP contribution >= 0.6 is 0 Å². The van der Waals surface area contributed by atoms with E-state index in [1.165, 1.54) is 16.7 Å². The molecule has 1 unspecified atom stereocenters. The summed E-state index contributed by atoms with van der Waals surface area (Å²) in [5.41, 5.74) is 4.24. The zero-order valence-corrected chi connectivity index (χ0v) is 13.0. The highest BCUT2D eigenvalue weighted by molar-refractivity contribution is 5.32. The standard InChI is InChI=1S/C19H20N4/c1-2-6-16(7-3-1)12-22-11-10-17-8-4-5-9-18(17)19(22)13-23-15-20-14-21-23/h1-9,14-15,19H,10-13H2. The molecule has 0 N–H and O–H groups in total. The lowest BCUT2D eigenvalue weighted by molar-refractivity contribution is 0.154. The predicted molar refractivity (Wildman–Crippen MR) is 89.8 cm³/mol. The molecule has 1 aromatic heterocycles. The predicted octanol–water partition coefficient (Wildman–Crippen LogP) is 3.08. The maximum absolute atomic E-state index is 4.30. The summed E-state index contributed by atoms with van der Waals surface area (Å²) in [5, 5.41) is 4.30. The van der Waals surface area contributed by atoms with Gasteiger partial charge in [0, 0.05) is 13.1 Å². The van der Waals surface area contributed by atoms with E-state index in [1.54, 1.807) is 12.7 Å². The molecule has 0 bridgehead atoms. The fraction of sp³-hybridized carbons (Fsp3) is 0.263. The molecule has 1 aliphatic rings. The number of rotatable bonds is 4. The zero-order valence-electron chi connectivity index (χ0n) is 13.0. The van der Waals surface area contributed by atoms with E-state index in [-0.39, 0.29) is 0 Å². The fourth-order valence-corrected chi connectivity index (χ4v) is 3.43. The van der Waals surface area contributed by atoms with Gasteiger partial charge in [-0.2, -0.15) is 5.10 Å². The molecule has 2 aromatic carbocycles. The minimum absolute atomic E-state index is 0.335. The Kier molecular flexibility index (Phi) is 3.90. The van der Waals surface area contributed by atoms with Crippen LogP contribution in [0.4, 0.5) is 0 Å². The van der Waals surface area contributed by atoms with Gasteiger partial charge < -0.3 is 0 Å². The first-order chi connectivity index (χ1) is 11.4. The maximum Gasteiger partial charge on any atom is 0.137 e. The van der Waals surface area contributed by atoms with Gasteiger partial charge in [0.25, 0.3) is 0 Å². The summed E-state index contributed by atoms with van der Waals surface area (Å²) in [4.78, 5) is 6.64. The van der Waals surface area contributed by atoms with Gasteiger partial charge in [0.15, 0.2) is 0 Å². The Balaban J connectivity index is 1.64. The van der Waals surface area contributed by atoms with Crippen LogP contribution in [0.5, 0.6) is 0 Å². The Morgan fingerprint density at radius 1 is 1.00 bits per heavy atom. The molecule has 0 saturated carbocycles. The lowest BCUT2D eigenvalue weighted by Gasteiger charge is -2.37. The number of benzene rings is 2. The first kappa shape index (κ1) is 14.2. The van der Waals surface area contributed by atoms with Crippen molar-refractivity contribution in [2.24, 2.45) is 0 Å². The van der Waals surface area contributed by atoms with Crippen molar-refractivity contribution in [3.05, 3.63) is 83.9 Å². The van der Waals surface area contributed by atoms with E-state index in [0.717, 1.165) is 26.1 Å². The van der Waals surface area contributed by atoms with Crippen molar-refractivity contribution >= 4 is 0 Å². The largest absolute Gasteiger partial charge is 0.290 e. The SMILES string of the molecule is c1ccc(CN2CCc3ccccc3C2Cn2cncn2)cc1. The molecule has 0 spiro atoms. The third kappa shape index (κ3) is 3.03. The lowest BCUT2D eigenvalue weighted by atomic mass is 9.92. The molecule has 2 heterocycles. The average Bonchev–Trinajstić information content (AvgIpc) is 3.11. The van der Waals surface area contributed by atoms with Crippen molar-refractivity contribution in [1.29, 1.82) is 0 Å². The van der Waals surface area contributed by atoms with Crippen molar-refractivity contribution in [3.8, 4) is 0 Å². The first-order valence-electron chi connectivity index (χ1n) is 8.08. The van der Waals surface area contributed by atoms with Crippen molar-refractivity contribution in [3.63, 3.8) is 0 Å². The normalized spacial score (nSPS) is 17.8. The molecular weight excluding hydrogens is 284 g/mol. The molecule has 0 saturated heterocycles. The minimum atomic E-state index is 0.335. The Hall–Kier alpha value is -2.46. The molecule has 1 atom stereocenters. The topological polar surface area (TPSA) is 34.0 Å². The zero-order chi connectivity index (χ0) is 15.5. The average molecular weight is 304 g/mol. The third-order valence-corrected chi connectivity index (χ3v) is 4.58. The van der Waals surface area contributed by atoms with Crippen molar-refractivity contribution in [1.82, 2.24) is 19.7 Å². The molecule has 1 aliphatic heterocycles. The summed E-state index contributed by atoms with van der Waals surface area (Å²) in [6, 6.07) is 19.8. The monoisotopic (exact) mass is 304 g/mol. The van der Waals surface area contributed by atoms with Crippen LogP contribution in [0, 0.1) is 0 Å². The van der Waals surface area contributed by atoms with Crippen LogP contribution in [-0.2, 0) is 19.5 Å². The van der Waals surface area contributed by atoms with Gasteiger partial charge in [0.2, 0.25) is 0 Å². The Bertz CT molecular complexity index is 752. The molecule has 0 radical (unpaired) electrons. The smallest absolute Gasteiger partial charge is 0.137 e. The Morgan fingerprint density at radius 3 is 2.65 bits per heavy atom. The summed E-state index contributed by atoms with van der Waals surface area (Å²) in [5.74, 6) is 0. The second-order valence-electron chi connectivity index (χ2n) is 6.04. The van der Waals surface area contributed by atoms with Crippen LogP contribution in [0.15, 0.2) is 67.3 Å². The number of nitrogens with zero attached hydrogens (tertiary/aromatic N) is 4.